The Hall–Kier alpha value is -3.10. The zero-order chi connectivity index (χ0) is 31.8. The normalized spacial score (nSPS) is 28.4. The van der Waals surface area contributed by atoms with Crippen molar-refractivity contribution in [1.82, 2.24) is 25.0 Å². The van der Waals surface area contributed by atoms with Crippen LogP contribution in [0.1, 0.15) is 58.6 Å². The molecule has 0 spiro atoms. The summed E-state index contributed by atoms with van der Waals surface area (Å²) in [5.41, 5.74) is 6.05. The topological polar surface area (TPSA) is 170 Å². The molecule has 3 aliphatic rings. The van der Waals surface area contributed by atoms with Gasteiger partial charge < -0.3 is 29.2 Å². The van der Waals surface area contributed by atoms with E-state index < -0.39 is 49.6 Å². The highest BCUT2D eigenvalue weighted by Crippen LogP contribution is 2.50. The number of likely N-dealkylation sites (N-methyl/N-ethyl adjacent to an activating group) is 1. The fourth-order valence-electron chi connectivity index (χ4n) is 6.27. The fourth-order valence-corrected chi connectivity index (χ4v) is 7.77. The number of anilines is 1. The van der Waals surface area contributed by atoms with E-state index >= 15 is 0 Å². The Bertz CT molecular complexity index is 1550. The highest BCUT2D eigenvalue weighted by molar-refractivity contribution is 7.52. The predicted molar refractivity (Wildman–Crippen MR) is 163 cm³/mol. The van der Waals surface area contributed by atoms with Crippen molar-refractivity contribution < 1.29 is 37.4 Å². The Balaban J connectivity index is 1.25. The Morgan fingerprint density at radius 1 is 1.13 bits per heavy atom. The first-order valence-corrected chi connectivity index (χ1v) is 16.9. The molecule has 4 heterocycles. The Morgan fingerprint density at radius 2 is 1.89 bits per heavy atom. The molecule has 4 N–H and O–H groups in total. The van der Waals surface area contributed by atoms with Crippen LogP contribution in [0.2, 0.25) is 0 Å². The van der Waals surface area contributed by atoms with E-state index in [0.717, 1.165) is 32.1 Å². The molecule has 45 heavy (non-hydrogen) atoms. The van der Waals surface area contributed by atoms with E-state index in [2.05, 4.69) is 20.5 Å². The van der Waals surface area contributed by atoms with E-state index in [1.165, 1.54) is 6.33 Å². The lowest BCUT2D eigenvalue weighted by Crippen LogP contribution is -2.51. The number of aromatic nitrogens is 3. The second-order valence-electron chi connectivity index (χ2n) is 12.1. The van der Waals surface area contributed by atoms with Gasteiger partial charge in [-0.2, -0.15) is 10.2 Å². The van der Waals surface area contributed by atoms with Gasteiger partial charge in [-0.25, -0.2) is 14.1 Å². The number of carbonyl (C=O) groups is 1. The van der Waals surface area contributed by atoms with E-state index in [9.17, 15) is 9.36 Å². The van der Waals surface area contributed by atoms with Crippen molar-refractivity contribution in [1.29, 1.82) is 0 Å². The fraction of sp³-hybridized carbons (Fsp3) is 0.567. The third-order valence-corrected chi connectivity index (χ3v) is 10.0. The monoisotopic (exact) mass is 644 g/mol. The van der Waals surface area contributed by atoms with Gasteiger partial charge in [0, 0.05) is 0 Å². The first kappa shape index (κ1) is 31.9. The summed E-state index contributed by atoms with van der Waals surface area (Å²) in [5, 5.41) is 10.5. The zero-order valence-electron chi connectivity index (χ0n) is 25.9. The van der Waals surface area contributed by atoms with Crippen molar-refractivity contribution in [3.63, 3.8) is 0 Å². The summed E-state index contributed by atoms with van der Waals surface area (Å²) in [6.07, 6.45) is 3.90. The molecule has 0 bridgehead atoms. The Morgan fingerprint density at radius 3 is 2.62 bits per heavy atom. The van der Waals surface area contributed by atoms with Crippen molar-refractivity contribution >= 4 is 25.1 Å². The molecule has 2 aliphatic heterocycles. The molecule has 15 heteroatoms. The van der Waals surface area contributed by atoms with Crippen molar-refractivity contribution in [2.24, 2.45) is 0 Å². The van der Waals surface area contributed by atoms with Crippen LogP contribution >= 0.6 is 7.75 Å². The summed E-state index contributed by atoms with van der Waals surface area (Å²) in [7, 11) is -2.43. The molecule has 2 saturated heterocycles. The number of hydrogen-bond donors (Lipinski definition) is 3. The lowest BCUT2D eigenvalue weighted by Gasteiger charge is -2.34. The number of nitrogen functional groups attached to an aromatic ring is 1. The zero-order valence-corrected chi connectivity index (χ0v) is 26.8. The van der Waals surface area contributed by atoms with Gasteiger partial charge in [-0.05, 0) is 77.8 Å². The summed E-state index contributed by atoms with van der Waals surface area (Å²) >= 11 is 0. The molecular formula is C30H41N6O8P. The molecule has 2 aromatic heterocycles. The van der Waals surface area contributed by atoms with Crippen molar-refractivity contribution in [2.45, 2.75) is 94.8 Å². The number of nitrogens with zero attached hydrogens (tertiary/aromatic N) is 3. The lowest BCUT2D eigenvalue weighted by molar-refractivity contribution is -0.222. The predicted octanol–water partition coefficient (Wildman–Crippen LogP) is 3.66. The van der Waals surface area contributed by atoms with Crippen LogP contribution < -0.4 is 20.7 Å². The van der Waals surface area contributed by atoms with E-state index in [0.29, 0.717) is 22.8 Å². The smallest absolute Gasteiger partial charge is 0.459 e. The maximum atomic E-state index is 14.3. The number of hydrogen-bond acceptors (Lipinski definition) is 12. The molecular weight excluding hydrogens is 603 g/mol. The van der Waals surface area contributed by atoms with E-state index in [-0.39, 0.29) is 12.7 Å². The SMILES string of the molecule is CN[C@@]1(c2ccc3c(N)ncnn23)O[C@H](COP(=O)(N[C@@H](C)C(=O)OC2CCCCC2)Oc2ccccc2)[C@H]2OC(C)(C)O[C@H]21. The molecule has 244 valence electrons. The van der Waals surface area contributed by atoms with Crippen molar-refractivity contribution in [3.05, 3.63) is 54.5 Å². The van der Waals surface area contributed by atoms with Crippen molar-refractivity contribution in [3.8, 4) is 5.75 Å². The number of para-hydroxylation sites is 1. The van der Waals surface area contributed by atoms with Gasteiger partial charge >= 0.3 is 13.7 Å². The first-order valence-electron chi connectivity index (χ1n) is 15.3. The first-order chi connectivity index (χ1) is 21.5. The van der Waals surface area contributed by atoms with Crippen LogP contribution in [0.4, 0.5) is 5.82 Å². The number of nitrogens with one attached hydrogen (secondary N) is 2. The van der Waals surface area contributed by atoms with Crippen LogP contribution in [0, 0.1) is 0 Å². The molecule has 3 fully saturated rings. The van der Waals surface area contributed by atoms with Crippen LogP contribution in [0.3, 0.4) is 0 Å². The minimum absolute atomic E-state index is 0.155. The Kier molecular flexibility index (Phi) is 8.92. The summed E-state index contributed by atoms with van der Waals surface area (Å²) in [4.78, 5) is 17.1. The average Bonchev–Trinajstić information content (AvgIpc) is 3.68. The largest absolute Gasteiger partial charge is 0.461 e. The number of ether oxygens (including phenoxy) is 4. The van der Waals surface area contributed by atoms with Gasteiger partial charge in [0.05, 0.1) is 12.3 Å². The van der Waals surface area contributed by atoms with Gasteiger partial charge in [0.2, 0.25) is 0 Å². The quantitative estimate of drug-likeness (QED) is 0.204. The molecule has 1 aromatic carbocycles. The second-order valence-corrected chi connectivity index (χ2v) is 13.8. The number of rotatable bonds is 11. The maximum Gasteiger partial charge on any atom is 0.459 e. The highest BCUT2D eigenvalue weighted by Gasteiger charge is 2.64. The molecule has 14 nitrogen and oxygen atoms in total. The summed E-state index contributed by atoms with van der Waals surface area (Å²) in [6.45, 7) is 4.96. The van der Waals surface area contributed by atoms with E-state index in [4.69, 9.17) is 33.7 Å². The number of fused-ring (bicyclic) bond motifs is 2. The van der Waals surface area contributed by atoms with Crippen molar-refractivity contribution in [2.75, 3.05) is 19.4 Å². The number of esters is 1. The average molecular weight is 645 g/mol. The van der Waals surface area contributed by atoms with Gasteiger partial charge in [0.25, 0.3) is 0 Å². The molecule has 6 atom stereocenters. The third-order valence-electron chi connectivity index (χ3n) is 8.39. The number of nitrogens with two attached hydrogens (primary N) is 1. The molecule has 3 aromatic rings. The van der Waals surface area contributed by atoms with Crippen LogP contribution in [-0.4, -0.2) is 70.5 Å². The van der Waals surface area contributed by atoms with Crippen LogP contribution in [0.5, 0.6) is 5.75 Å². The molecule has 0 amide bonds. The standard InChI is InChI=1S/C30H41N6O8P/c1-19(28(37)40-20-11-7-5-8-12-20)35-45(38,44-21-13-9-6-10-14-21)39-17-23-25-26(43-29(2,3)42-25)30(32-4,41-23)24-16-15-22-27(31)33-18-34-36(22)24/h6,9-10,13-16,18-20,23,25-26,32H,5,7-8,11-12,17H2,1-4H3,(H,35,38)(H2,31,33,34)/t19-,23+,25+,26+,30-,45?/m0/s1. The van der Waals surface area contributed by atoms with E-state index in [1.54, 1.807) is 48.8 Å². The molecule has 6 rings (SSSR count). The maximum absolute atomic E-state index is 14.3. The Labute approximate surface area is 261 Å². The van der Waals surface area contributed by atoms with Gasteiger partial charge in [-0.3, -0.25) is 14.6 Å². The summed E-state index contributed by atoms with van der Waals surface area (Å²) in [6, 6.07) is 11.3. The van der Waals surface area contributed by atoms with Gasteiger partial charge in [0.15, 0.2) is 17.3 Å². The molecule has 1 unspecified atom stereocenters. The molecule has 0 radical (unpaired) electrons. The van der Waals surface area contributed by atoms with Crippen LogP contribution in [0.15, 0.2) is 48.8 Å². The molecule has 1 aliphatic carbocycles. The number of benzene rings is 1. The molecule has 1 saturated carbocycles. The minimum atomic E-state index is -4.17. The third kappa shape index (κ3) is 6.46. The van der Waals surface area contributed by atoms with Crippen LogP contribution in [-0.2, 0) is 38.6 Å². The second kappa shape index (κ2) is 12.6. The minimum Gasteiger partial charge on any atom is -0.461 e. The van der Waals surface area contributed by atoms with Crippen LogP contribution in [0.25, 0.3) is 5.52 Å². The van der Waals surface area contributed by atoms with Gasteiger partial charge in [-0.15, -0.1) is 0 Å². The number of carbonyl (C=O) groups excluding carboxylic acids is 1. The lowest BCUT2D eigenvalue weighted by atomic mass is 9.98. The van der Waals surface area contributed by atoms with Gasteiger partial charge in [0.1, 0.15) is 48.1 Å². The van der Waals surface area contributed by atoms with E-state index in [1.807, 2.05) is 26.0 Å². The highest BCUT2D eigenvalue weighted by atomic mass is 31.2. The van der Waals surface area contributed by atoms with Gasteiger partial charge in [-0.1, -0.05) is 24.6 Å². The summed E-state index contributed by atoms with van der Waals surface area (Å²) < 4.78 is 52.9. The summed E-state index contributed by atoms with van der Waals surface area (Å²) in [5.74, 6) is -0.874.